The van der Waals surface area contributed by atoms with Gasteiger partial charge in [0.1, 0.15) is 0 Å². The van der Waals surface area contributed by atoms with Crippen LogP contribution in [0, 0.1) is 5.92 Å². The molecule has 0 amide bonds. The molecule has 5 nitrogen and oxygen atoms in total. The highest BCUT2D eigenvalue weighted by atomic mass is 127. The van der Waals surface area contributed by atoms with Crippen molar-refractivity contribution in [1.29, 1.82) is 0 Å². The molecule has 0 heterocycles. The number of aliphatic imine (C=N–C) groups is 1. The van der Waals surface area contributed by atoms with Crippen LogP contribution < -0.4 is 5.32 Å². The topological polar surface area (TPSA) is 46.1 Å². The van der Waals surface area contributed by atoms with Gasteiger partial charge < -0.3 is 19.7 Å². The molecule has 0 atom stereocenters. The van der Waals surface area contributed by atoms with Crippen LogP contribution in [-0.4, -0.2) is 64.5 Å². The molecular weight excluding hydrogens is 369 g/mol. The van der Waals surface area contributed by atoms with Crippen LogP contribution in [-0.2, 0) is 9.47 Å². The quantitative estimate of drug-likeness (QED) is 0.264. The fourth-order valence-corrected chi connectivity index (χ4v) is 1.75. The van der Waals surface area contributed by atoms with Crippen LogP contribution in [0.15, 0.2) is 4.99 Å². The van der Waals surface area contributed by atoms with Crippen molar-refractivity contribution in [2.75, 3.05) is 53.6 Å². The number of nitrogens with zero attached hydrogens (tertiary/aromatic N) is 2. The summed E-state index contributed by atoms with van der Waals surface area (Å²) in [5.41, 5.74) is 0. The first-order chi connectivity index (χ1) is 9.27. The largest absolute Gasteiger partial charge is 0.382 e. The van der Waals surface area contributed by atoms with Gasteiger partial charge in [-0.05, 0) is 32.1 Å². The molecule has 1 rings (SSSR count). The molecule has 120 valence electrons. The van der Waals surface area contributed by atoms with Crippen molar-refractivity contribution in [1.82, 2.24) is 10.2 Å². The second-order valence-corrected chi connectivity index (χ2v) is 4.96. The smallest absolute Gasteiger partial charge is 0.193 e. The van der Waals surface area contributed by atoms with E-state index in [1.54, 1.807) is 0 Å². The van der Waals surface area contributed by atoms with Crippen molar-refractivity contribution in [3.8, 4) is 0 Å². The summed E-state index contributed by atoms with van der Waals surface area (Å²) in [6.45, 7) is 7.06. The molecule has 0 aromatic heterocycles. The molecule has 0 aliphatic heterocycles. The summed E-state index contributed by atoms with van der Waals surface area (Å²) < 4.78 is 10.9. The lowest BCUT2D eigenvalue weighted by Gasteiger charge is -2.22. The van der Waals surface area contributed by atoms with Gasteiger partial charge in [0.25, 0.3) is 0 Å². The normalized spacial score (nSPS) is 14.8. The van der Waals surface area contributed by atoms with E-state index < -0.39 is 0 Å². The van der Waals surface area contributed by atoms with Crippen LogP contribution in [0.1, 0.15) is 26.2 Å². The second kappa shape index (κ2) is 12.6. The molecule has 1 saturated carbocycles. The van der Waals surface area contributed by atoms with Gasteiger partial charge in [-0.25, -0.2) is 0 Å². The summed E-state index contributed by atoms with van der Waals surface area (Å²) in [7, 11) is 3.85. The minimum Gasteiger partial charge on any atom is -0.382 e. The SMILES string of the molecule is CCOCCCNC(=NC)N(C)CCOCC1CC1.I. The Morgan fingerprint density at radius 1 is 1.30 bits per heavy atom. The molecule has 1 aliphatic rings. The zero-order chi connectivity index (χ0) is 13.9. The second-order valence-electron chi connectivity index (χ2n) is 4.96. The fraction of sp³-hybridized carbons (Fsp3) is 0.929. The number of hydrogen-bond acceptors (Lipinski definition) is 3. The highest BCUT2D eigenvalue weighted by molar-refractivity contribution is 14.0. The maximum Gasteiger partial charge on any atom is 0.193 e. The van der Waals surface area contributed by atoms with E-state index in [4.69, 9.17) is 9.47 Å². The molecule has 0 radical (unpaired) electrons. The number of rotatable bonds is 10. The monoisotopic (exact) mass is 399 g/mol. The van der Waals surface area contributed by atoms with E-state index in [9.17, 15) is 0 Å². The number of nitrogens with one attached hydrogen (secondary N) is 1. The predicted molar refractivity (Wildman–Crippen MR) is 94.1 cm³/mol. The highest BCUT2D eigenvalue weighted by Gasteiger charge is 2.21. The van der Waals surface area contributed by atoms with Gasteiger partial charge in [0, 0.05) is 47.0 Å². The van der Waals surface area contributed by atoms with Gasteiger partial charge in [-0.15, -0.1) is 24.0 Å². The van der Waals surface area contributed by atoms with Crippen molar-refractivity contribution in [2.45, 2.75) is 26.2 Å². The number of halogens is 1. The summed E-state index contributed by atoms with van der Waals surface area (Å²) in [4.78, 5) is 6.37. The van der Waals surface area contributed by atoms with Gasteiger partial charge in [0.15, 0.2) is 5.96 Å². The maximum absolute atomic E-state index is 5.64. The molecule has 0 aromatic carbocycles. The molecule has 20 heavy (non-hydrogen) atoms. The molecule has 1 aliphatic carbocycles. The Morgan fingerprint density at radius 3 is 2.65 bits per heavy atom. The molecule has 0 saturated heterocycles. The van der Waals surface area contributed by atoms with Gasteiger partial charge in [-0.3, -0.25) is 4.99 Å². The molecule has 0 bridgehead atoms. The minimum atomic E-state index is 0. The van der Waals surface area contributed by atoms with E-state index in [0.717, 1.165) is 57.8 Å². The summed E-state index contributed by atoms with van der Waals surface area (Å²) in [6.07, 6.45) is 3.69. The van der Waals surface area contributed by atoms with Crippen molar-refractivity contribution in [3.63, 3.8) is 0 Å². The van der Waals surface area contributed by atoms with Crippen molar-refractivity contribution >= 4 is 29.9 Å². The Balaban J connectivity index is 0.00000361. The van der Waals surface area contributed by atoms with E-state index in [1.807, 2.05) is 21.0 Å². The molecule has 1 N–H and O–H groups in total. The Morgan fingerprint density at radius 2 is 2.05 bits per heavy atom. The van der Waals surface area contributed by atoms with Gasteiger partial charge in [0.05, 0.1) is 6.61 Å². The zero-order valence-corrected chi connectivity index (χ0v) is 15.4. The maximum atomic E-state index is 5.64. The van der Waals surface area contributed by atoms with Crippen LogP contribution in [0.2, 0.25) is 0 Å². The molecule has 0 unspecified atom stereocenters. The van der Waals surface area contributed by atoms with E-state index >= 15 is 0 Å². The average Bonchev–Trinajstić information content (AvgIpc) is 3.23. The number of likely N-dealkylation sites (N-methyl/N-ethyl adjacent to an activating group) is 1. The van der Waals surface area contributed by atoms with Gasteiger partial charge in [0.2, 0.25) is 0 Å². The Kier molecular flexibility index (Phi) is 12.6. The van der Waals surface area contributed by atoms with E-state index in [0.29, 0.717) is 0 Å². The van der Waals surface area contributed by atoms with Gasteiger partial charge >= 0.3 is 0 Å². The van der Waals surface area contributed by atoms with Crippen LogP contribution >= 0.6 is 24.0 Å². The first-order valence-electron chi connectivity index (χ1n) is 7.35. The molecular formula is C14H30IN3O2. The van der Waals surface area contributed by atoms with Crippen molar-refractivity contribution < 1.29 is 9.47 Å². The van der Waals surface area contributed by atoms with Crippen molar-refractivity contribution in [3.05, 3.63) is 0 Å². The van der Waals surface area contributed by atoms with E-state index in [-0.39, 0.29) is 24.0 Å². The molecule has 0 aromatic rings. The van der Waals surface area contributed by atoms with Crippen LogP contribution in [0.3, 0.4) is 0 Å². The standard InChI is InChI=1S/C14H29N3O2.HI/c1-4-18-10-5-8-16-14(15-2)17(3)9-11-19-12-13-6-7-13;/h13H,4-12H2,1-3H3,(H,15,16);1H. The Hall–Kier alpha value is -0.0800. The summed E-state index contributed by atoms with van der Waals surface area (Å²) in [6, 6.07) is 0. The van der Waals surface area contributed by atoms with Gasteiger partial charge in [-0.2, -0.15) is 0 Å². The lowest BCUT2D eigenvalue weighted by Crippen LogP contribution is -2.41. The van der Waals surface area contributed by atoms with Crippen LogP contribution in [0.5, 0.6) is 0 Å². The highest BCUT2D eigenvalue weighted by Crippen LogP contribution is 2.28. The summed E-state index contributed by atoms with van der Waals surface area (Å²) >= 11 is 0. The third-order valence-corrected chi connectivity index (χ3v) is 3.15. The molecule has 0 spiro atoms. The number of guanidine groups is 1. The predicted octanol–water partition coefficient (Wildman–Crippen LogP) is 1.96. The molecule has 6 heteroatoms. The fourth-order valence-electron chi connectivity index (χ4n) is 1.75. The third kappa shape index (κ3) is 9.77. The lowest BCUT2D eigenvalue weighted by atomic mass is 10.4. The van der Waals surface area contributed by atoms with E-state index in [1.165, 1.54) is 12.8 Å². The first kappa shape index (κ1) is 19.9. The Bertz CT molecular complexity index is 261. The van der Waals surface area contributed by atoms with E-state index in [2.05, 4.69) is 15.2 Å². The molecule has 1 fully saturated rings. The van der Waals surface area contributed by atoms with Crippen molar-refractivity contribution in [2.24, 2.45) is 10.9 Å². The Labute approximate surface area is 140 Å². The summed E-state index contributed by atoms with van der Waals surface area (Å²) in [5.74, 6) is 1.76. The number of hydrogen-bond donors (Lipinski definition) is 1. The zero-order valence-electron chi connectivity index (χ0n) is 13.1. The first-order valence-corrected chi connectivity index (χ1v) is 7.35. The third-order valence-electron chi connectivity index (χ3n) is 3.15. The van der Waals surface area contributed by atoms with Crippen LogP contribution in [0.25, 0.3) is 0 Å². The average molecular weight is 399 g/mol. The number of ether oxygens (including phenoxy) is 2. The van der Waals surface area contributed by atoms with Crippen LogP contribution in [0.4, 0.5) is 0 Å². The summed E-state index contributed by atoms with van der Waals surface area (Å²) in [5, 5.41) is 3.33. The lowest BCUT2D eigenvalue weighted by molar-refractivity contribution is 0.115. The minimum absolute atomic E-state index is 0. The van der Waals surface area contributed by atoms with Gasteiger partial charge in [-0.1, -0.05) is 0 Å².